The van der Waals surface area contributed by atoms with E-state index in [1.54, 1.807) is 0 Å². The van der Waals surface area contributed by atoms with Gasteiger partial charge in [0.25, 0.3) is 0 Å². The van der Waals surface area contributed by atoms with Gasteiger partial charge in [-0.25, -0.2) is 4.79 Å². The molecule has 2 aromatic rings. The second kappa shape index (κ2) is 9.69. The molecule has 2 atom stereocenters. The number of hydrogen-bond donors (Lipinski definition) is 3. The molecule has 0 spiro atoms. The fraction of sp³-hybridized carbons (Fsp3) is 0.318. The highest BCUT2D eigenvalue weighted by Gasteiger charge is 2.27. The Balaban J connectivity index is 2.17. The Morgan fingerprint density at radius 3 is 2.00 bits per heavy atom. The van der Waals surface area contributed by atoms with Crippen LogP contribution < -0.4 is 10.6 Å². The van der Waals surface area contributed by atoms with E-state index < -0.39 is 24.0 Å². The number of benzene rings is 2. The van der Waals surface area contributed by atoms with E-state index in [-0.39, 0.29) is 18.7 Å². The van der Waals surface area contributed by atoms with Gasteiger partial charge in [0.2, 0.25) is 11.8 Å². The van der Waals surface area contributed by atoms with Crippen molar-refractivity contribution in [3.05, 3.63) is 70.8 Å². The highest BCUT2D eigenvalue weighted by molar-refractivity contribution is 5.90. The Labute approximate surface area is 165 Å². The third-order valence-electron chi connectivity index (χ3n) is 4.64. The molecule has 148 valence electrons. The zero-order valence-corrected chi connectivity index (χ0v) is 16.4. The van der Waals surface area contributed by atoms with E-state index in [1.165, 1.54) is 6.92 Å². The van der Waals surface area contributed by atoms with Crippen LogP contribution in [0, 0.1) is 13.8 Å². The zero-order valence-electron chi connectivity index (χ0n) is 16.4. The first-order valence-corrected chi connectivity index (χ1v) is 9.17. The predicted octanol–water partition coefficient (Wildman–Crippen LogP) is 2.16. The van der Waals surface area contributed by atoms with E-state index >= 15 is 0 Å². The number of nitrogens with one attached hydrogen (secondary N) is 2. The molecule has 2 aromatic carbocycles. The summed E-state index contributed by atoms with van der Waals surface area (Å²) >= 11 is 0. The Morgan fingerprint density at radius 1 is 0.857 bits per heavy atom. The molecule has 2 amide bonds. The van der Waals surface area contributed by atoms with Crippen molar-refractivity contribution in [2.75, 3.05) is 0 Å². The van der Waals surface area contributed by atoms with Crippen LogP contribution in [-0.2, 0) is 27.2 Å². The molecule has 0 radical (unpaired) electrons. The van der Waals surface area contributed by atoms with E-state index in [0.29, 0.717) is 0 Å². The number of rotatable bonds is 8. The molecular formula is C22H26N2O4. The molecule has 0 aliphatic rings. The number of amides is 2. The fourth-order valence-electron chi connectivity index (χ4n) is 3.15. The summed E-state index contributed by atoms with van der Waals surface area (Å²) in [4.78, 5) is 36.1. The van der Waals surface area contributed by atoms with Gasteiger partial charge < -0.3 is 15.7 Å². The number of aliphatic carboxylic acids is 1. The molecule has 6 heteroatoms. The van der Waals surface area contributed by atoms with Gasteiger partial charge in [-0.2, -0.15) is 0 Å². The van der Waals surface area contributed by atoms with Gasteiger partial charge in [-0.05, 0) is 36.1 Å². The lowest BCUT2D eigenvalue weighted by Gasteiger charge is -2.22. The summed E-state index contributed by atoms with van der Waals surface area (Å²) in [5.41, 5.74) is 3.72. The lowest BCUT2D eigenvalue weighted by molar-refractivity contribution is -0.142. The van der Waals surface area contributed by atoms with Crippen LogP contribution in [0.2, 0.25) is 0 Å². The van der Waals surface area contributed by atoms with Crippen LogP contribution in [0.25, 0.3) is 0 Å². The molecule has 0 heterocycles. The van der Waals surface area contributed by atoms with Crippen molar-refractivity contribution in [1.82, 2.24) is 10.6 Å². The van der Waals surface area contributed by atoms with Gasteiger partial charge in [-0.15, -0.1) is 0 Å². The van der Waals surface area contributed by atoms with Crippen molar-refractivity contribution < 1.29 is 19.5 Å². The largest absolute Gasteiger partial charge is 0.480 e. The molecule has 0 aliphatic heterocycles. The lowest BCUT2D eigenvalue weighted by Crippen LogP contribution is -2.52. The van der Waals surface area contributed by atoms with Crippen molar-refractivity contribution in [2.45, 2.75) is 45.7 Å². The fourth-order valence-corrected chi connectivity index (χ4v) is 3.15. The maximum Gasteiger partial charge on any atom is 0.326 e. The van der Waals surface area contributed by atoms with E-state index in [9.17, 15) is 19.5 Å². The number of aryl methyl sites for hydroxylation is 2. The molecule has 28 heavy (non-hydrogen) atoms. The van der Waals surface area contributed by atoms with Gasteiger partial charge in [-0.3, -0.25) is 9.59 Å². The Morgan fingerprint density at radius 2 is 1.46 bits per heavy atom. The van der Waals surface area contributed by atoms with Crippen LogP contribution in [0.3, 0.4) is 0 Å². The van der Waals surface area contributed by atoms with Gasteiger partial charge in [0.15, 0.2) is 0 Å². The van der Waals surface area contributed by atoms with Crippen LogP contribution >= 0.6 is 0 Å². The maximum atomic E-state index is 12.8. The van der Waals surface area contributed by atoms with Gasteiger partial charge in [-0.1, -0.05) is 48.5 Å². The van der Waals surface area contributed by atoms with Crippen LogP contribution in [0.4, 0.5) is 0 Å². The van der Waals surface area contributed by atoms with E-state index in [4.69, 9.17) is 0 Å². The molecule has 0 aromatic heterocycles. The predicted molar refractivity (Wildman–Crippen MR) is 107 cm³/mol. The monoisotopic (exact) mass is 382 g/mol. The highest BCUT2D eigenvalue weighted by atomic mass is 16.4. The average molecular weight is 382 g/mol. The standard InChI is InChI=1S/C22H26N2O4/c1-14-8-7-9-15(2)18(14)13-20(22(27)28)24-21(26)19(23-16(3)25)12-17-10-5-4-6-11-17/h4-11,19-20H,12-13H2,1-3H3,(H,23,25)(H,24,26)(H,27,28)/t19-,20-/m1/s1. The van der Waals surface area contributed by atoms with Gasteiger partial charge in [0.05, 0.1) is 0 Å². The van der Waals surface area contributed by atoms with E-state index in [1.807, 2.05) is 62.4 Å². The minimum atomic E-state index is -1.11. The van der Waals surface area contributed by atoms with Crippen LogP contribution in [0.15, 0.2) is 48.5 Å². The van der Waals surface area contributed by atoms with E-state index in [2.05, 4.69) is 10.6 Å². The van der Waals surface area contributed by atoms with Crippen molar-refractivity contribution >= 4 is 17.8 Å². The second-order valence-electron chi connectivity index (χ2n) is 6.92. The summed E-state index contributed by atoms with van der Waals surface area (Å²) in [6.45, 7) is 5.16. The third kappa shape index (κ3) is 5.94. The molecular weight excluding hydrogens is 356 g/mol. The summed E-state index contributed by atoms with van der Waals surface area (Å²) < 4.78 is 0. The smallest absolute Gasteiger partial charge is 0.326 e. The Bertz CT molecular complexity index is 829. The number of hydrogen-bond acceptors (Lipinski definition) is 3. The summed E-state index contributed by atoms with van der Waals surface area (Å²) in [5.74, 6) is -1.98. The van der Waals surface area contributed by atoms with Crippen molar-refractivity contribution in [1.29, 1.82) is 0 Å². The number of carboxylic acid groups (broad SMARTS) is 1. The molecule has 0 unspecified atom stereocenters. The molecule has 0 fully saturated rings. The summed E-state index contributed by atoms with van der Waals surface area (Å²) in [6.07, 6.45) is 0.458. The zero-order chi connectivity index (χ0) is 20.7. The van der Waals surface area contributed by atoms with Crippen LogP contribution in [0.5, 0.6) is 0 Å². The first kappa shape index (κ1) is 21.2. The minimum absolute atomic E-state index is 0.178. The van der Waals surface area contributed by atoms with Crippen molar-refractivity contribution in [2.24, 2.45) is 0 Å². The molecule has 0 saturated carbocycles. The SMILES string of the molecule is CC(=O)N[C@H](Cc1ccccc1)C(=O)N[C@H](Cc1c(C)cccc1C)C(=O)O. The summed E-state index contributed by atoms with van der Waals surface area (Å²) in [5, 5.41) is 14.8. The van der Waals surface area contributed by atoms with Crippen LogP contribution in [0.1, 0.15) is 29.2 Å². The van der Waals surface area contributed by atoms with Gasteiger partial charge >= 0.3 is 5.97 Å². The summed E-state index contributed by atoms with van der Waals surface area (Å²) in [7, 11) is 0. The molecule has 3 N–H and O–H groups in total. The molecule has 2 rings (SSSR count). The molecule has 0 saturated heterocycles. The average Bonchev–Trinajstić information content (AvgIpc) is 2.63. The molecule has 6 nitrogen and oxygen atoms in total. The van der Waals surface area contributed by atoms with E-state index in [0.717, 1.165) is 22.3 Å². The van der Waals surface area contributed by atoms with Gasteiger partial charge in [0.1, 0.15) is 12.1 Å². The maximum absolute atomic E-state index is 12.8. The number of carbonyl (C=O) groups excluding carboxylic acids is 2. The Hall–Kier alpha value is -3.15. The molecule has 0 aliphatic carbocycles. The number of carbonyl (C=O) groups is 3. The summed E-state index contributed by atoms with van der Waals surface area (Å²) in [6, 6.07) is 13.1. The third-order valence-corrected chi connectivity index (χ3v) is 4.64. The highest BCUT2D eigenvalue weighted by Crippen LogP contribution is 2.16. The lowest BCUT2D eigenvalue weighted by atomic mass is 9.96. The first-order chi connectivity index (χ1) is 13.3. The minimum Gasteiger partial charge on any atom is -0.480 e. The quantitative estimate of drug-likeness (QED) is 0.652. The van der Waals surface area contributed by atoms with Gasteiger partial charge in [0, 0.05) is 19.8 Å². The van der Waals surface area contributed by atoms with Crippen LogP contribution in [-0.4, -0.2) is 35.0 Å². The second-order valence-corrected chi connectivity index (χ2v) is 6.92. The first-order valence-electron chi connectivity index (χ1n) is 9.17. The molecule has 0 bridgehead atoms. The number of carboxylic acids is 1. The normalized spacial score (nSPS) is 12.7. The van der Waals surface area contributed by atoms with Crippen molar-refractivity contribution in [3.8, 4) is 0 Å². The Kier molecular flexibility index (Phi) is 7.32. The topological polar surface area (TPSA) is 95.5 Å². The van der Waals surface area contributed by atoms with Crippen molar-refractivity contribution in [3.63, 3.8) is 0 Å².